The number of nitrogens with zero attached hydrogens (tertiary/aromatic N) is 5. The van der Waals surface area contributed by atoms with Gasteiger partial charge in [-0.25, -0.2) is 9.67 Å². The molecular formula is C19H26IN7. The third kappa shape index (κ3) is 5.42. The lowest BCUT2D eigenvalue weighted by Gasteiger charge is -2.25. The molecule has 144 valence electrons. The largest absolute Gasteiger partial charge is 0.352 e. The molecule has 1 atom stereocenters. The molecule has 0 aliphatic carbocycles. The Labute approximate surface area is 177 Å². The fraction of sp³-hybridized carbons (Fsp3) is 0.474. The number of guanidine groups is 1. The van der Waals surface area contributed by atoms with Gasteiger partial charge in [-0.05, 0) is 24.1 Å². The number of aromatic nitrogens is 3. The molecule has 0 fully saturated rings. The van der Waals surface area contributed by atoms with Crippen molar-refractivity contribution in [3.8, 4) is 6.07 Å². The zero-order valence-electron chi connectivity index (χ0n) is 15.9. The predicted molar refractivity (Wildman–Crippen MR) is 116 cm³/mol. The van der Waals surface area contributed by atoms with Gasteiger partial charge < -0.3 is 10.6 Å². The average Bonchev–Trinajstić information content (AvgIpc) is 3.09. The monoisotopic (exact) mass is 479 g/mol. The minimum absolute atomic E-state index is 0. The summed E-state index contributed by atoms with van der Waals surface area (Å²) in [6.45, 7) is 5.69. The number of halogens is 1. The number of fused-ring (bicyclic) bond motifs is 1. The van der Waals surface area contributed by atoms with Crippen molar-refractivity contribution in [3.05, 3.63) is 47.0 Å². The SMILES string of the molecule is CN=C(NCc1ccc(C#N)cc1)NC1CCc2nc(C(C)C)nn2C1.I. The van der Waals surface area contributed by atoms with Crippen LogP contribution in [0.25, 0.3) is 0 Å². The highest BCUT2D eigenvalue weighted by molar-refractivity contribution is 14.0. The molecule has 1 unspecified atom stereocenters. The molecular weight excluding hydrogens is 453 g/mol. The summed E-state index contributed by atoms with van der Waals surface area (Å²) >= 11 is 0. The van der Waals surface area contributed by atoms with Crippen molar-refractivity contribution in [1.82, 2.24) is 25.4 Å². The predicted octanol–water partition coefficient (Wildman–Crippen LogP) is 2.57. The van der Waals surface area contributed by atoms with E-state index in [4.69, 9.17) is 5.26 Å². The Morgan fingerprint density at radius 3 is 2.74 bits per heavy atom. The van der Waals surface area contributed by atoms with E-state index in [0.717, 1.165) is 42.6 Å². The minimum atomic E-state index is 0. The van der Waals surface area contributed by atoms with Crippen LogP contribution >= 0.6 is 24.0 Å². The normalized spacial score (nSPS) is 16.3. The van der Waals surface area contributed by atoms with Crippen molar-refractivity contribution >= 4 is 29.9 Å². The van der Waals surface area contributed by atoms with Gasteiger partial charge >= 0.3 is 0 Å². The summed E-state index contributed by atoms with van der Waals surface area (Å²) in [5, 5.41) is 20.3. The molecule has 0 radical (unpaired) electrons. The highest BCUT2D eigenvalue weighted by Crippen LogP contribution is 2.17. The molecule has 0 amide bonds. The zero-order chi connectivity index (χ0) is 18.5. The number of nitrogens with one attached hydrogen (secondary N) is 2. The molecule has 2 N–H and O–H groups in total. The van der Waals surface area contributed by atoms with Crippen LogP contribution in [0.3, 0.4) is 0 Å². The lowest BCUT2D eigenvalue weighted by atomic mass is 10.1. The fourth-order valence-electron chi connectivity index (χ4n) is 2.96. The van der Waals surface area contributed by atoms with E-state index in [-0.39, 0.29) is 30.0 Å². The molecule has 27 heavy (non-hydrogen) atoms. The van der Waals surface area contributed by atoms with E-state index >= 15 is 0 Å². The van der Waals surface area contributed by atoms with Crippen molar-refractivity contribution in [2.75, 3.05) is 7.05 Å². The van der Waals surface area contributed by atoms with Crippen LogP contribution in [0.4, 0.5) is 0 Å². The minimum Gasteiger partial charge on any atom is -0.352 e. The van der Waals surface area contributed by atoms with Crippen LogP contribution < -0.4 is 10.6 Å². The smallest absolute Gasteiger partial charge is 0.191 e. The Kier molecular flexibility index (Phi) is 7.59. The van der Waals surface area contributed by atoms with Gasteiger partial charge in [-0.3, -0.25) is 4.99 Å². The van der Waals surface area contributed by atoms with Crippen molar-refractivity contribution < 1.29 is 0 Å². The number of benzene rings is 1. The number of rotatable bonds is 4. The van der Waals surface area contributed by atoms with Gasteiger partial charge in [0, 0.05) is 32.0 Å². The second kappa shape index (κ2) is 9.69. The molecule has 2 aromatic rings. The Bertz CT molecular complexity index is 818. The van der Waals surface area contributed by atoms with Gasteiger partial charge in [-0.2, -0.15) is 10.4 Å². The molecule has 0 saturated carbocycles. The second-order valence-electron chi connectivity index (χ2n) is 6.84. The highest BCUT2D eigenvalue weighted by atomic mass is 127. The summed E-state index contributed by atoms with van der Waals surface area (Å²) in [6.07, 6.45) is 1.93. The summed E-state index contributed by atoms with van der Waals surface area (Å²) in [5.74, 6) is 3.12. The summed E-state index contributed by atoms with van der Waals surface area (Å²) in [5.41, 5.74) is 1.78. The van der Waals surface area contributed by atoms with Gasteiger partial charge in [0.25, 0.3) is 0 Å². The van der Waals surface area contributed by atoms with Gasteiger partial charge in [0.1, 0.15) is 5.82 Å². The van der Waals surface area contributed by atoms with Crippen LogP contribution in [0.5, 0.6) is 0 Å². The maximum Gasteiger partial charge on any atom is 0.191 e. The fourth-order valence-corrected chi connectivity index (χ4v) is 2.96. The first-order valence-electron chi connectivity index (χ1n) is 8.99. The number of aryl methyl sites for hydroxylation is 1. The standard InChI is InChI=1S/C19H25N7.HI/c1-13(2)18-24-17-9-8-16(12-26(17)25-18)23-19(21-3)22-11-15-6-4-14(10-20)5-7-15;/h4-7,13,16H,8-9,11-12H2,1-3H3,(H2,21,22,23);1H. The van der Waals surface area contributed by atoms with Gasteiger partial charge in [-0.1, -0.05) is 26.0 Å². The van der Waals surface area contributed by atoms with Crippen molar-refractivity contribution in [2.45, 2.75) is 51.7 Å². The Morgan fingerprint density at radius 2 is 2.11 bits per heavy atom. The van der Waals surface area contributed by atoms with Gasteiger partial charge in [0.05, 0.1) is 18.2 Å². The van der Waals surface area contributed by atoms with Crippen LogP contribution in [-0.4, -0.2) is 33.8 Å². The number of hydrogen-bond donors (Lipinski definition) is 2. The van der Waals surface area contributed by atoms with E-state index in [0.29, 0.717) is 18.0 Å². The van der Waals surface area contributed by atoms with Crippen LogP contribution in [0.1, 0.15) is 49.0 Å². The van der Waals surface area contributed by atoms with E-state index < -0.39 is 0 Å². The number of aliphatic imine (C=N–C) groups is 1. The van der Waals surface area contributed by atoms with Crippen molar-refractivity contribution in [2.24, 2.45) is 4.99 Å². The molecule has 7 nitrogen and oxygen atoms in total. The van der Waals surface area contributed by atoms with Crippen LogP contribution in [0.2, 0.25) is 0 Å². The molecule has 8 heteroatoms. The molecule has 0 bridgehead atoms. The van der Waals surface area contributed by atoms with Gasteiger partial charge in [0.2, 0.25) is 0 Å². The van der Waals surface area contributed by atoms with Crippen LogP contribution in [0.15, 0.2) is 29.3 Å². The Morgan fingerprint density at radius 1 is 1.37 bits per heavy atom. The average molecular weight is 479 g/mol. The molecule has 2 heterocycles. The van der Waals surface area contributed by atoms with E-state index in [9.17, 15) is 0 Å². The number of nitriles is 1. The molecule has 1 aliphatic rings. The summed E-state index contributed by atoms with van der Waals surface area (Å²) in [6, 6.07) is 9.96. The first-order chi connectivity index (χ1) is 12.6. The van der Waals surface area contributed by atoms with Crippen LogP contribution in [-0.2, 0) is 19.5 Å². The maximum absolute atomic E-state index is 8.86. The highest BCUT2D eigenvalue weighted by Gasteiger charge is 2.23. The van der Waals surface area contributed by atoms with E-state index in [1.54, 1.807) is 7.05 Å². The lowest BCUT2D eigenvalue weighted by molar-refractivity contribution is 0.391. The third-order valence-electron chi connectivity index (χ3n) is 4.50. The summed E-state index contributed by atoms with van der Waals surface area (Å²) in [7, 11) is 1.77. The van der Waals surface area contributed by atoms with E-state index in [1.165, 1.54) is 0 Å². The molecule has 1 aromatic carbocycles. The number of hydrogen-bond acceptors (Lipinski definition) is 4. The summed E-state index contributed by atoms with van der Waals surface area (Å²) < 4.78 is 2.02. The van der Waals surface area contributed by atoms with Crippen molar-refractivity contribution in [1.29, 1.82) is 5.26 Å². The van der Waals surface area contributed by atoms with Gasteiger partial charge in [0.15, 0.2) is 11.8 Å². The van der Waals surface area contributed by atoms with E-state index in [1.807, 2.05) is 28.9 Å². The molecule has 3 rings (SSSR count). The van der Waals surface area contributed by atoms with Crippen molar-refractivity contribution in [3.63, 3.8) is 0 Å². The quantitative estimate of drug-likeness (QED) is 0.400. The second-order valence-corrected chi connectivity index (χ2v) is 6.84. The topological polar surface area (TPSA) is 90.9 Å². The summed E-state index contributed by atoms with van der Waals surface area (Å²) in [4.78, 5) is 8.95. The van der Waals surface area contributed by atoms with Crippen LogP contribution in [0, 0.1) is 11.3 Å². The lowest BCUT2D eigenvalue weighted by Crippen LogP contribution is -2.46. The Balaban J connectivity index is 0.00000261. The molecule has 1 aromatic heterocycles. The first-order valence-corrected chi connectivity index (χ1v) is 8.99. The van der Waals surface area contributed by atoms with Gasteiger partial charge in [-0.15, -0.1) is 24.0 Å². The molecule has 0 spiro atoms. The zero-order valence-corrected chi connectivity index (χ0v) is 18.3. The first kappa shape index (κ1) is 21.2. The molecule has 1 aliphatic heterocycles. The maximum atomic E-state index is 8.86. The van der Waals surface area contributed by atoms with E-state index in [2.05, 4.69) is 45.6 Å². The Hall–Kier alpha value is -2.15. The third-order valence-corrected chi connectivity index (χ3v) is 4.50. The molecule has 0 saturated heterocycles.